The van der Waals surface area contributed by atoms with Gasteiger partial charge in [-0.25, -0.2) is 4.79 Å². The topological polar surface area (TPSA) is 41.6 Å². The number of amides is 1. The van der Waals surface area contributed by atoms with Crippen molar-refractivity contribution in [3.05, 3.63) is 71.8 Å². The molecule has 0 aliphatic carbocycles. The number of alkyl carbamates (subject to hydrolysis) is 1. The Morgan fingerprint density at radius 1 is 1.04 bits per heavy atom. The van der Waals surface area contributed by atoms with E-state index >= 15 is 0 Å². The van der Waals surface area contributed by atoms with Gasteiger partial charge in [0.25, 0.3) is 0 Å². The second-order valence-electron chi connectivity index (χ2n) is 8.32. The smallest absolute Gasteiger partial charge is 0.407 e. The molecule has 0 radical (unpaired) electrons. The second kappa shape index (κ2) is 8.57. The average Bonchev–Trinajstić information content (AvgIpc) is 2.67. The highest BCUT2D eigenvalue weighted by Crippen LogP contribution is 2.30. The standard InChI is InChI=1S/C23H30N2O2/c1-23(2,3)25-15-20(19-12-8-5-9-13-19)14-21(16-25)24-22(26)27-17-18-10-6-4-7-11-18/h4-13,20-21H,14-17H2,1-3H3,(H,24,26)/t20-,21-/m1/s1. The molecule has 2 atom stereocenters. The fourth-order valence-corrected chi connectivity index (χ4v) is 3.65. The molecule has 0 aromatic heterocycles. The zero-order chi connectivity index (χ0) is 19.3. The third-order valence-corrected chi connectivity index (χ3v) is 5.20. The van der Waals surface area contributed by atoms with Crippen LogP contribution in [0.3, 0.4) is 0 Å². The van der Waals surface area contributed by atoms with Gasteiger partial charge in [0.05, 0.1) is 0 Å². The van der Waals surface area contributed by atoms with Crippen LogP contribution in [-0.2, 0) is 11.3 Å². The summed E-state index contributed by atoms with van der Waals surface area (Å²) in [6, 6.07) is 20.4. The maximum atomic E-state index is 12.3. The van der Waals surface area contributed by atoms with Crippen molar-refractivity contribution in [3.8, 4) is 0 Å². The number of hydrogen-bond donors (Lipinski definition) is 1. The maximum Gasteiger partial charge on any atom is 0.407 e. The van der Waals surface area contributed by atoms with Gasteiger partial charge < -0.3 is 10.1 Å². The number of ether oxygens (including phenoxy) is 1. The van der Waals surface area contributed by atoms with E-state index < -0.39 is 0 Å². The van der Waals surface area contributed by atoms with Crippen LogP contribution in [0, 0.1) is 0 Å². The summed E-state index contributed by atoms with van der Waals surface area (Å²) in [5.41, 5.74) is 2.38. The van der Waals surface area contributed by atoms with Crippen LogP contribution in [0.1, 0.15) is 44.2 Å². The van der Waals surface area contributed by atoms with Crippen LogP contribution in [0.25, 0.3) is 0 Å². The fourth-order valence-electron chi connectivity index (χ4n) is 3.65. The molecule has 1 aliphatic heterocycles. The number of benzene rings is 2. The first-order valence-electron chi connectivity index (χ1n) is 9.69. The third kappa shape index (κ3) is 5.57. The molecule has 0 saturated carbocycles. The molecular weight excluding hydrogens is 336 g/mol. The van der Waals surface area contributed by atoms with Crippen LogP contribution < -0.4 is 5.32 Å². The predicted octanol–water partition coefficient (Wildman–Crippen LogP) is 4.57. The van der Waals surface area contributed by atoms with Crippen molar-refractivity contribution in [1.29, 1.82) is 0 Å². The minimum atomic E-state index is -0.341. The lowest BCUT2D eigenvalue weighted by Gasteiger charge is -2.45. The van der Waals surface area contributed by atoms with Gasteiger partial charge in [0.2, 0.25) is 0 Å². The van der Waals surface area contributed by atoms with E-state index in [9.17, 15) is 4.79 Å². The summed E-state index contributed by atoms with van der Waals surface area (Å²) in [6.07, 6.45) is 0.586. The van der Waals surface area contributed by atoms with Crippen molar-refractivity contribution in [2.24, 2.45) is 0 Å². The van der Waals surface area contributed by atoms with Crippen molar-refractivity contribution >= 4 is 6.09 Å². The number of nitrogens with one attached hydrogen (secondary N) is 1. The summed E-state index contributed by atoms with van der Waals surface area (Å²) in [7, 11) is 0. The highest BCUT2D eigenvalue weighted by Gasteiger charge is 2.34. The van der Waals surface area contributed by atoms with Crippen molar-refractivity contribution < 1.29 is 9.53 Å². The van der Waals surface area contributed by atoms with E-state index in [4.69, 9.17) is 4.74 Å². The highest BCUT2D eigenvalue weighted by molar-refractivity contribution is 5.67. The molecule has 0 spiro atoms. The van der Waals surface area contributed by atoms with Crippen molar-refractivity contribution in [2.75, 3.05) is 13.1 Å². The molecule has 4 nitrogen and oxygen atoms in total. The lowest BCUT2D eigenvalue weighted by atomic mass is 9.86. The SMILES string of the molecule is CC(C)(C)N1C[C@H](NC(=O)OCc2ccccc2)C[C@@H](c2ccccc2)C1. The molecule has 27 heavy (non-hydrogen) atoms. The first-order chi connectivity index (χ1) is 12.9. The Balaban J connectivity index is 1.63. The number of nitrogens with zero attached hydrogens (tertiary/aromatic N) is 1. The van der Waals surface area contributed by atoms with Crippen LogP contribution in [0.4, 0.5) is 4.79 Å². The second-order valence-corrected chi connectivity index (χ2v) is 8.32. The van der Waals surface area contributed by atoms with E-state index in [-0.39, 0.29) is 17.7 Å². The van der Waals surface area contributed by atoms with Crippen molar-refractivity contribution in [2.45, 2.75) is 51.3 Å². The molecule has 3 rings (SSSR count). The Bertz CT molecular complexity index is 725. The predicted molar refractivity (Wildman–Crippen MR) is 109 cm³/mol. The fraction of sp³-hybridized carbons (Fsp3) is 0.435. The average molecular weight is 367 g/mol. The summed E-state index contributed by atoms with van der Waals surface area (Å²) < 4.78 is 5.42. The van der Waals surface area contributed by atoms with Gasteiger partial charge in [-0.2, -0.15) is 0 Å². The van der Waals surface area contributed by atoms with E-state index in [1.54, 1.807) is 0 Å². The summed E-state index contributed by atoms with van der Waals surface area (Å²) in [6.45, 7) is 8.82. The lowest BCUT2D eigenvalue weighted by Crippen LogP contribution is -2.55. The molecule has 2 aromatic rings. The molecule has 4 heteroatoms. The number of piperidine rings is 1. The number of hydrogen-bond acceptors (Lipinski definition) is 3. The molecule has 1 amide bonds. The minimum absolute atomic E-state index is 0.0569. The zero-order valence-electron chi connectivity index (χ0n) is 16.5. The van der Waals surface area contributed by atoms with Crippen molar-refractivity contribution in [3.63, 3.8) is 0 Å². The van der Waals surface area contributed by atoms with Gasteiger partial charge >= 0.3 is 6.09 Å². The largest absolute Gasteiger partial charge is 0.445 e. The van der Waals surface area contributed by atoms with Crippen LogP contribution in [-0.4, -0.2) is 35.7 Å². The number of carbonyl (C=O) groups excluding carboxylic acids is 1. The molecule has 0 bridgehead atoms. The molecular formula is C23H30N2O2. The van der Waals surface area contributed by atoms with E-state index in [1.165, 1.54) is 5.56 Å². The highest BCUT2D eigenvalue weighted by atomic mass is 16.5. The lowest BCUT2D eigenvalue weighted by molar-refractivity contribution is 0.0724. The Morgan fingerprint density at radius 3 is 2.30 bits per heavy atom. The monoisotopic (exact) mass is 366 g/mol. The molecule has 0 unspecified atom stereocenters. The minimum Gasteiger partial charge on any atom is -0.445 e. The van der Waals surface area contributed by atoms with E-state index in [1.807, 2.05) is 36.4 Å². The number of carbonyl (C=O) groups is 1. The number of likely N-dealkylation sites (tertiary alicyclic amines) is 1. The van der Waals surface area contributed by atoms with Gasteiger partial charge in [0.15, 0.2) is 0 Å². The molecule has 1 saturated heterocycles. The van der Waals surface area contributed by atoms with E-state index in [0.717, 1.165) is 25.1 Å². The normalized spacial score (nSPS) is 20.9. The van der Waals surface area contributed by atoms with E-state index in [2.05, 4.69) is 55.3 Å². The third-order valence-electron chi connectivity index (χ3n) is 5.20. The molecule has 1 N–H and O–H groups in total. The summed E-state index contributed by atoms with van der Waals surface area (Å²) >= 11 is 0. The Labute approximate surface area is 162 Å². The van der Waals surface area contributed by atoms with Crippen LogP contribution in [0.5, 0.6) is 0 Å². The quantitative estimate of drug-likeness (QED) is 0.862. The molecule has 1 aliphatic rings. The first-order valence-corrected chi connectivity index (χ1v) is 9.69. The molecule has 1 heterocycles. The van der Waals surface area contributed by atoms with Gasteiger partial charge in [-0.1, -0.05) is 60.7 Å². The maximum absolute atomic E-state index is 12.3. The van der Waals surface area contributed by atoms with Crippen molar-refractivity contribution in [1.82, 2.24) is 10.2 Å². The summed E-state index contributed by atoms with van der Waals surface area (Å²) in [5, 5.41) is 3.09. The van der Waals surface area contributed by atoms with Crippen LogP contribution in [0.2, 0.25) is 0 Å². The van der Waals surface area contributed by atoms with Gasteiger partial charge in [-0.05, 0) is 44.2 Å². The molecule has 1 fully saturated rings. The number of rotatable bonds is 4. The van der Waals surface area contributed by atoms with Gasteiger partial charge in [-0.3, -0.25) is 4.90 Å². The van der Waals surface area contributed by atoms with E-state index in [0.29, 0.717) is 12.5 Å². The molecule has 144 valence electrons. The Kier molecular flexibility index (Phi) is 6.17. The Hall–Kier alpha value is -2.33. The zero-order valence-corrected chi connectivity index (χ0v) is 16.5. The first kappa shape index (κ1) is 19.4. The van der Waals surface area contributed by atoms with Crippen LogP contribution in [0.15, 0.2) is 60.7 Å². The van der Waals surface area contributed by atoms with Gasteiger partial charge in [0, 0.05) is 24.7 Å². The van der Waals surface area contributed by atoms with Gasteiger partial charge in [0.1, 0.15) is 6.61 Å². The van der Waals surface area contributed by atoms with Crippen LogP contribution >= 0.6 is 0 Å². The van der Waals surface area contributed by atoms with Gasteiger partial charge in [-0.15, -0.1) is 0 Å². The molecule has 2 aromatic carbocycles. The summed E-state index contributed by atoms with van der Waals surface area (Å²) in [4.78, 5) is 14.8. The summed E-state index contributed by atoms with van der Waals surface area (Å²) in [5.74, 6) is 0.401. The Morgan fingerprint density at radius 2 is 1.67 bits per heavy atom.